The smallest absolute Gasteiger partial charge is 0.161 e. The first-order chi connectivity index (χ1) is 9.90. The number of para-hydroxylation sites is 2. The van der Waals surface area contributed by atoms with Gasteiger partial charge in [0.15, 0.2) is 11.5 Å². The van der Waals surface area contributed by atoms with E-state index in [9.17, 15) is 0 Å². The molecular weight excluding hydrogens is 270 g/mol. The maximum atomic E-state index is 5.79. The van der Waals surface area contributed by atoms with Gasteiger partial charge < -0.3 is 14.8 Å². The van der Waals surface area contributed by atoms with Crippen LogP contribution < -0.4 is 14.8 Å². The van der Waals surface area contributed by atoms with E-state index in [1.54, 1.807) is 0 Å². The second kappa shape index (κ2) is 9.14. The largest absolute Gasteiger partial charge is 0.490 e. The van der Waals surface area contributed by atoms with Crippen LogP contribution in [0.4, 0.5) is 0 Å². The van der Waals surface area contributed by atoms with Crippen LogP contribution in [-0.2, 0) is 0 Å². The fraction of sp³-hybridized carbons (Fsp3) is 0.625. The molecule has 1 aliphatic heterocycles. The number of nitrogens with one attached hydrogen (secondary N) is 1. The van der Waals surface area contributed by atoms with Gasteiger partial charge in [-0.25, -0.2) is 0 Å². The van der Waals surface area contributed by atoms with Gasteiger partial charge in [-0.2, -0.15) is 11.8 Å². The van der Waals surface area contributed by atoms with Crippen LogP contribution in [0.5, 0.6) is 11.5 Å². The van der Waals surface area contributed by atoms with Gasteiger partial charge in [0.2, 0.25) is 0 Å². The highest BCUT2D eigenvalue weighted by Crippen LogP contribution is 2.26. The quantitative estimate of drug-likeness (QED) is 0.746. The Hall–Kier alpha value is -0.870. The highest BCUT2D eigenvalue weighted by Gasteiger charge is 2.12. The van der Waals surface area contributed by atoms with Gasteiger partial charge in [-0.05, 0) is 55.9 Å². The molecule has 0 aliphatic carbocycles. The molecule has 0 atom stereocenters. The zero-order chi connectivity index (χ0) is 14.0. The van der Waals surface area contributed by atoms with Crippen LogP contribution in [0.2, 0.25) is 0 Å². The Labute approximate surface area is 126 Å². The first kappa shape index (κ1) is 15.5. The van der Waals surface area contributed by atoms with Crippen molar-refractivity contribution >= 4 is 11.8 Å². The minimum absolute atomic E-state index is 0.665. The van der Waals surface area contributed by atoms with Crippen LogP contribution in [0.25, 0.3) is 0 Å². The molecule has 0 amide bonds. The van der Waals surface area contributed by atoms with Crippen LogP contribution in [0.3, 0.4) is 0 Å². The van der Waals surface area contributed by atoms with Crippen molar-refractivity contribution in [1.82, 2.24) is 5.32 Å². The molecule has 2 rings (SSSR count). The third-order valence-electron chi connectivity index (χ3n) is 3.46. The Morgan fingerprint density at radius 3 is 2.55 bits per heavy atom. The van der Waals surface area contributed by atoms with Crippen LogP contribution in [0.15, 0.2) is 24.3 Å². The third kappa shape index (κ3) is 5.25. The molecule has 0 saturated carbocycles. The molecule has 1 heterocycles. The van der Waals surface area contributed by atoms with Gasteiger partial charge in [0.05, 0.1) is 6.61 Å². The average Bonchev–Trinajstić information content (AvgIpc) is 2.50. The number of ether oxygens (including phenoxy) is 2. The molecule has 20 heavy (non-hydrogen) atoms. The number of hydrogen-bond donors (Lipinski definition) is 1. The SMILES string of the molecule is CCOc1ccccc1OCCNCC1CCSCC1. The lowest BCUT2D eigenvalue weighted by atomic mass is 10.0. The predicted molar refractivity (Wildman–Crippen MR) is 86.0 cm³/mol. The van der Waals surface area contributed by atoms with Crippen molar-refractivity contribution in [2.45, 2.75) is 19.8 Å². The summed E-state index contributed by atoms with van der Waals surface area (Å²) in [6.07, 6.45) is 2.71. The van der Waals surface area contributed by atoms with Crippen molar-refractivity contribution in [3.8, 4) is 11.5 Å². The molecule has 0 spiro atoms. The first-order valence-corrected chi connectivity index (χ1v) is 8.68. The fourth-order valence-electron chi connectivity index (χ4n) is 2.33. The molecule has 0 unspecified atom stereocenters. The van der Waals surface area contributed by atoms with Gasteiger partial charge in [-0.3, -0.25) is 0 Å². The van der Waals surface area contributed by atoms with Gasteiger partial charge in [-0.15, -0.1) is 0 Å². The van der Waals surface area contributed by atoms with Crippen LogP contribution in [0, 0.1) is 5.92 Å². The van der Waals surface area contributed by atoms with Crippen molar-refractivity contribution in [3.05, 3.63) is 24.3 Å². The van der Waals surface area contributed by atoms with E-state index in [0.717, 1.165) is 30.5 Å². The Morgan fingerprint density at radius 1 is 1.15 bits per heavy atom. The standard InChI is InChI=1S/C16H25NO2S/c1-2-18-15-5-3-4-6-16(15)19-10-9-17-13-14-7-11-20-12-8-14/h3-6,14,17H,2,7-13H2,1H3. The molecule has 1 saturated heterocycles. The molecule has 0 radical (unpaired) electrons. The molecule has 0 bridgehead atoms. The van der Waals surface area contributed by atoms with Gasteiger partial charge in [0.25, 0.3) is 0 Å². The summed E-state index contributed by atoms with van der Waals surface area (Å²) >= 11 is 2.08. The highest BCUT2D eigenvalue weighted by molar-refractivity contribution is 7.99. The summed E-state index contributed by atoms with van der Waals surface area (Å²) in [6.45, 7) is 5.35. The monoisotopic (exact) mass is 295 g/mol. The zero-order valence-electron chi connectivity index (χ0n) is 12.3. The Bertz CT molecular complexity index is 380. The normalized spacial score (nSPS) is 16.1. The lowest BCUT2D eigenvalue weighted by molar-refractivity contribution is 0.273. The minimum Gasteiger partial charge on any atom is -0.490 e. The predicted octanol–water partition coefficient (Wildman–Crippen LogP) is 3.20. The Morgan fingerprint density at radius 2 is 1.85 bits per heavy atom. The van der Waals surface area contributed by atoms with Crippen molar-refractivity contribution in [2.75, 3.05) is 37.8 Å². The molecule has 3 nitrogen and oxygen atoms in total. The Kier molecular flexibility index (Phi) is 7.09. The topological polar surface area (TPSA) is 30.5 Å². The second-order valence-corrected chi connectivity index (χ2v) is 6.21. The molecule has 1 aliphatic rings. The van der Waals surface area contributed by atoms with E-state index in [1.807, 2.05) is 31.2 Å². The summed E-state index contributed by atoms with van der Waals surface area (Å²) in [4.78, 5) is 0. The molecule has 4 heteroatoms. The van der Waals surface area contributed by atoms with Crippen LogP contribution in [-0.4, -0.2) is 37.8 Å². The highest BCUT2D eigenvalue weighted by atomic mass is 32.2. The summed E-state index contributed by atoms with van der Waals surface area (Å²) < 4.78 is 11.3. The molecule has 1 aromatic carbocycles. The maximum absolute atomic E-state index is 5.79. The number of benzene rings is 1. The van der Waals surface area contributed by atoms with Gasteiger partial charge >= 0.3 is 0 Å². The van der Waals surface area contributed by atoms with Crippen molar-refractivity contribution in [3.63, 3.8) is 0 Å². The van der Waals surface area contributed by atoms with Gasteiger partial charge in [-0.1, -0.05) is 12.1 Å². The summed E-state index contributed by atoms with van der Waals surface area (Å²) in [5.74, 6) is 5.17. The Balaban J connectivity index is 1.63. The molecule has 112 valence electrons. The fourth-order valence-corrected chi connectivity index (χ4v) is 3.54. The van der Waals surface area contributed by atoms with Crippen molar-refractivity contribution < 1.29 is 9.47 Å². The van der Waals surface area contributed by atoms with Crippen molar-refractivity contribution in [2.24, 2.45) is 5.92 Å². The van der Waals surface area contributed by atoms with Crippen molar-refractivity contribution in [1.29, 1.82) is 0 Å². The van der Waals surface area contributed by atoms with E-state index in [1.165, 1.54) is 24.3 Å². The molecular formula is C16H25NO2S. The number of thioether (sulfide) groups is 1. The van der Waals surface area contributed by atoms with Crippen LogP contribution >= 0.6 is 11.8 Å². The van der Waals surface area contributed by atoms with E-state index < -0.39 is 0 Å². The lowest BCUT2D eigenvalue weighted by Crippen LogP contribution is -2.29. The maximum Gasteiger partial charge on any atom is 0.161 e. The zero-order valence-corrected chi connectivity index (χ0v) is 13.1. The lowest BCUT2D eigenvalue weighted by Gasteiger charge is -2.21. The molecule has 1 fully saturated rings. The van der Waals surface area contributed by atoms with E-state index in [-0.39, 0.29) is 0 Å². The van der Waals surface area contributed by atoms with Gasteiger partial charge in [0, 0.05) is 6.54 Å². The summed E-state index contributed by atoms with van der Waals surface area (Å²) in [5, 5.41) is 3.50. The summed E-state index contributed by atoms with van der Waals surface area (Å²) in [7, 11) is 0. The third-order valence-corrected chi connectivity index (χ3v) is 4.51. The summed E-state index contributed by atoms with van der Waals surface area (Å²) in [6, 6.07) is 7.86. The van der Waals surface area contributed by atoms with E-state index in [2.05, 4.69) is 17.1 Å². The van der Waals surface area contributed by atoms with Crippen LogP contribution in [0.1, 0.15) is 19.8 Å². The molecule has 0 aromatic heterocycles. The summed E-state index contributed by atoms with van der Waals surface area (Å²) in [5.41, 5.74) is 0. The molecule has 1 aromatic rings. The van der Waals surface area contributed by atoms with Gasteiger partial charge in [0.1, 0.15) is 6.61 Å². The van der Waals surface area contributed by atoms with E-state index >= 15 is 0 Å². The average molecular weight is 295 g/mol. The van der Waals surface area contributed by atoms with E-state index in [4.69, 9.17) is 9.47 Å². The minimum atomic E-state index is 0.665. The number of rotatable bonds is 8. The first-order valence-electron chi connectivity index (χ1n) is 7.53. The molecule has 1 N–H and O–H groups in total. The number of hydrogen-bond acceptors (Lipinski definition) is 4. The van der Waals surface area contributed by atoms with E-state index in [0.29, 0.717) is 13.2 Å². The second-order valence-electron chi connectivity index (χ2n) is 4.99.